The van der Waals surface area contributed by atoms with E-state index in [-0.39, 0.29) is 11.5 Å². The summed E-state index contributed by atoms with van der Waals surface area (Å²) in [6.07, 6.45) is 1.81. The Bertz CT molecular complexity index is 331. The van der Waals surface area contributed by atoms with Crippen molar-refractivity contribution in [3.8, 4) is 0 Å². The Balaban J connectivity index is 2.38. The minimum absolute atomic E-state index is 0.190. The molecule has 1 atom stereocenters. The van der Waals surface area contributed by atoms with Crippen LogP contribution in [0.1, 0.15) is 47.5 Å². The molecule has 0 spiro atoms. The van der Waals surface area contributed by atoms with Crippen LogP contribution in [0.5, 0.6) is 0 Å². The number of nitrogens with one attached hydrogen (secondary N) is 1. The van der Waals surface area contributed by atoms with Crippen LogP contribution in [0.4, 0.5) is 4.79 Å². The molecule has 5 heteroatoms. The number of carbonyl (C=O) groups is 1. The number of likely N-dealkylation sites (tertiary alicyclic amines) is 1. The summed E-state index contributed by atoms with van der Waals surface area (Å²) in [6.45, 7) is 13.3. The van der Waals surface area contributed by atoms with Crippen LogP contribution < -0.4 is 5.32 Å². The predicted octanol–water partition coefficient (Wildman–Crippen LogP) is 2.65. The van der Waals surface area contributed by atoms with Crippen LogP contribution in [0, 0.1) is 5.41 Å². The van der Waals surface area contributed by atoms with Crippen molar-refractivity contribution in [3.63, 3.8) is 0 Å². The average molecular weight is 300 g/mol. The van der Waals surface area contributed by atoms with Crippen LogP contribution in [0.25, 0.3) is 0 Å². The summed E-state index contributed by atoms with van der Waals surface area (Å²) < 4.78 is 10.6. The van der Waals surface area contributed by atoms with Crippen molar-refractivity contribution >= 4 is 6.09 Å². The number of ether oxygens (including phenoxy) is 2. The maximum Gasteiger partial charge on any atom is 0.410 e. The Hall–Kier alpha value is -0.810. The van der Waals surface area contributed by atoms with Gasteiger partial charge in [0.15, 0.2) is 0 Å². The lowest BCUT2D eigenvalue weighted by molar-refractivity contribution is 0.0115. The number of rotatable bonds is 5. The second kappa shape index (κ2) is 7.45. The van der Waals surface area contributed by atoms with Gasteiger partial charge in [-0.1, -0.05) is 6.92 Å². The Morgan fingerprint density at radius 3 is 2.38 bits per heavy atom. The third kappa shape index (κ3) is 6.66. The van der Waals surface area contributed by atoms with Crippen molar-refractivity contribution in [2.45, 2.75) is 59.1 Å². The van der Waals surface area contributed by atoms with E-state index in [1.807, 2.05) is 25.7 Å². The van der Waals surface area contributed by atoms with Crippen LogP contribution in [0.15, 0.2) is 0 Å². The van der Waals surface area contributed by atoms with Crippen molar-refractivity contribution in [3.05, 3.63) is 0 Å². The smallest absolute Gasteiger partial charge is 0.410 e. The fourth-order valence-electron chi connectivity index (χ4n) is 2.46. The van der Waals surface area contributed by atoms with Gasteiger partial charge in [-0.05, 0) is 46.0 Å². The first-order chi connectivity index (χ1) is 9.65. The number of carbonyl (C=O) groups excluding carboxylic acids is 1. The topological polar surface area (TPSA) is 50.8 Å². The molecule has 0 aromatic rings. The van der Waals surface area contributed by atoms with Gasteiger partial charge in [0.2, 0.25) is 0 Å². The predicted molar refractivity (Wildman–Crippen MR) is 84.5 cm³/mol. The number of hydrogen-bond acceptors (Lipinski definition) is 4. The highest BCUT2D eigenvalue weighted by molar-refractivity contribution is 5.68. The summed E-state index contributed by atoms with van der Waals surface area (Å²) in [7, 11) is 1.72. The van der Waals surface area contributed by atoms with E-state index in [1.165, 1.54) is 0 Å². The van der Waals surface area contributed by atoms with Gasteiger partial charge in [-0.2, -0.15) is 0 Å². The second-order valence-electron chi connectivity index (χ2n) is 7.52. The van der Waals surface area contributed by atoms with Crippen molar-refractivity contribution in [2.75, 3.05) is 33.4 Å². The molecule has 0 aromatic carbocycles. The van der Waals surface area contributed by atoms with Crippen molar-refractivity contribution in [1.29, 1.82) is 0 Å². The van der Waals surface area contributed by atoms with Gasteiger partial charge in [0, 0.05) is 32.8 Å². The van der Waals surface area contributed by atoms with Crippen molar-refractivity contribution in [2.24, 2.45) is 5.41 Å². The summed E-state index contributed by atoms with van der Waals surface area (Å²) in [4.78, 5) is 13.9. The zero-order chi connectivity index (χ0) is 16.1. The molecular formula is C16H32N2O3. The molecule has 0 bridgehead atoms. The zero-order valence-electron chi connectivity index (χ0n) is 14.5. The number of amides is 1. The Kier molecular flexibility index (Phi) is 6.47. The molecule has 1 aliphatic rings. The van der Waals surface area contributed by atoms with E-state index in [1.54, 1.807) is 7.11 Å². The van der Waals surface area contributed by atoms with E-state index in [0.717, 1.165) is 39.1 Å². The highest BCUT2D eigenvalue weighted by atomic mass is 16.6. The molecule has 0 aromatic heterocycles. The van der Waals surface area contributed by atoms with Crippen LogP contribution in [-0.4, -0.2) is 56.0 Å². The minimum atomic E-state index is -0.422. The molecule has 1 saturated heterocycles. The van der Waals surface area contributed by atoms with Crippen LogP contribution in [-0.2, 0) is 9.47 Å². The lowest BCUT2D eigenvalue weighted by Gasteiger charge is -2.40. The van der Waals surface area contributed by atoms with Gasteiger partial charge < -0.3 is 19.7 Å². The van der Waals surface area contributed by atoms with Crippen molar-refractivity contribution < 1.29 is 14.3 Å². The second-order valence-corrected chi connectivity index (χ2v) is 7.52. The molecule has 0 radical (unpaired) electrons. The molecule has 1 rings (SSSR count). The molecule has 1 N–H and O–H groups in total. The minimum Gasteiger partial charge on any atom is -0.444 e. The molecule has 0 aliphatic carbocycles. The van der Waals surface area contributed by atoms with E-state index < -0.39 is 5.60 Å². The van der Waals surface area contributed by atoms with E-state index >= 15 is 0 Å². The SMILES string of the molecule is COCC(C)NCC1(C)CCN(C(=O)OC(C)(C)C)CC1. The van der Waals surface area contributed by atoms with Gasteiger partial charge in [-0.25, -0.2) is 4.79 Å². The summed E-state index contributed by atoms with van der Waals surface area (Å²) in [5, 5.41) is 3.52. The van der Waals surface area contributed by atoms with E-state index in [4.69, 9.17) is 9.47 Å². The molecule has 1 aliphatic heterocycles. The lowest BCUT2D eigenvalue weighted by atomic mass is 9.80. The molecule has 5 nitrogen and oxygen atoms in total. The lowest BCUT2D eigenvalue weighted by Crippen LogP contribution is -2.48. The number of methoxy groups -OCH3 is 1. The van der Waals surface area contributed by atoms with Crippen molar-refractivity contribution in [1.82, 2.24) is 10.2 Å². The van der Waals surface area contributed by atoms with Gasteiger partial charge in [0.1, 0.15) is 5.60 Å². The summed E-state index contributed by atoms with van der Waals surface area (Å²) in [6, 6.07) is 0.357. The Labute approximate surface area is 129 Å². The highest BCUT2D eigenvalue weighted by Crippen LogP contribution is 2.30. The molecule has 1 unspecified atom stereocenters. The monoisotopic (exact) mass is 300 g/mol. The normalized spacial score (nSPS) is 20.2. The molecule has 124 valence electrons. The van der Waals surface area contributed by atoms with Gasteiger partial charge in [0.05, 0.1) is 6.61 Å². The molecular weight excluding hydrogens is 268 g/mol. The number of piperidine rings is 1. The maximum atomic E-state index is 12.0. The average Bonchev–Trinajstić information content (AvgIpc) is 2.36. The molecule has 21 heavy (non-hydrogen) atoms. The first kappa shape index (κ1) is 18.2. The quantitative estimate of drug-likeness (QED) is 0.848. The highest BCUT2D eigenvalue weighted by Gasteiger charge is 2.33. The molecule has 0 saturated carbocycles. The van der Waals surface area contributed by atoms with E-state index in [0.29, 0.717) is 6.04 Å². The van der Waals surface area contributed by atoms with Crippen LogP contribution in [0.3, 0.4) is 0 Å². The fraction of sp³-hybridized carbons (Fsp3) is 0.938. The molecule has 1 fully saturated rings. The van der Waals surface area contributed by atoms with Crippen LogP contribution in [0.2, 0.25) is 0 Å². The summed E-state index contributed by atoms with van der Waals surface area (Å²) in [5.74, 6) is 0. The zero-order valence-corrected chi connectivity index (χ0v) is 14.5. The van der Waals surface area contributed by atoms with Crippen LogP contribution >= 0.6 is 0 Å². The number of hydrogen-bond donors (Lipinski definition) is 1. The standard InChI is InChI=1S/C16H32N2O3/c1-13(11-20-6)17-12-16(5)7-9-18(10-8-16)14(19)21-15(2,3)4/h13,17H,7-12H2,1-6H3. The van der Waals surface area contributed by atoms with Gasteiger partial charge >= 0.3 is 6.09 Å². The third-order valence-electron chi connectivity index (χ3n) is 3.92. The van der Waals surface area contributed by atoms with E-state index in [9.17, 15) is 4.79 Å². The maximum absolute atomic E-state index is 12.0. The first-order valence-electron chi connectivity index (χ1n) is 7.85. The third-order valence-corrected chi connectivity index (χ3v) is 3.92. The summed E-state index contributed by atoms with van der Waals surface area (Å²) in [5.41, 5.74) is -0.185. The van der Waals surface area contributed by atoms with E-state index in [2.05, 4.69) is 19.2 Å². The fourth-order valence-corrected chi connectivity index (χ4v) is 2.46. The number of nitrogens with zero attached hydrogens (tertiary/aromatic N) is 1. The van der Waals surface area contributed by atoms with Gasteiger partial charge in [-0.3, -0.25) is 0 Å². The van der Waals surface area contributed by atoms with Gasteiger partial charge in [-0.15, -0.1) is 0 Å². The first-order valence-corrected chi connectivity index (χ1v) is 7.85. The molecule has 1 amide bonds. The summed E-state index contributed by atoms with van der Waals surface area (Å²) >= 11 is 0. The largest absolute Gasteiger partial charge is 0.444 e. The Morgan fingerprint density at radius 1 is 1.33 bits per heavy atom. The van der Waals surface area contributed by atoms with Gasteiger partial charge in [0.25, 0.3) is 0 Å². The molecule has 1 heterocycles. The Morgan fingerprint density at radius 2 is 1.90 bits per heavy atom.